The summed E-state index contributed by atoms with van der Waals surface area (Å²) in [6.45, 7) is 3.77. The molecule has 7 heteroatoms. The van der Waals surface area contributed by atoms with Gasteiger partial charge in [0, 0.05) is 16.8 Å². The van der Waals surface area contributed by atoms with Crippen molar-refractivity contribution in [1.82, 2.24) is 9.78 Å². The highest BCUT2D eigenvalue weighted by Gasteiger charge is 2.16. The summed E-state index contributed by atoms with van der Waals surface area (Å²) in [6.07, 6.45) is 0. The van der Waals surface area contributed by atoms with E-state index < -0.39 is 5.25 Å². The molecule has 27 heavy (non-hydrogen) atoms. The quantitative estimate of drug-likeness (QED) is 0.649. The number of carbonyl (C=O) groups is 1. The fourth-order valence-corrected chi connectivity index (χ4v) is 3.27. The van der Waals surface area contributed by atoms with Crippen molar-refractivity contribution < 1.29 is 4.79 Å². The first-order valence-electron chi connectivity index (χ1n) is 8.33. The first kappa shape index (κ1) is 19.2. The van der Waals surface area contributed by atoms with Crippen LogP contribution in [-0.4, -0.2) is 20.9 Å². The Kier molecular flexibility index (Phi) is 5.98. The Morgan fingerprint density at radius 3 is 2.41 bits per heavy atom. The lowest BCUT2D eigenvalue weighted by atomic mass is 10.2. The molecule has 0 aliphatic carbocycles. The number of carbonyl (C=O) groups excluding carboxylic acids is 1. The molecular weight excluding hydrogens is 382 g/mol. The molecular formula is C20H18ClN3O2S. The van der Waals surface area contributed by atoms with Crippen molar-refractivity contribution in [1.29, 1.82) is 0 Å². The van der Waals surface area contributed by atoms with Crippen LogP contribution in [0.2, 0.25) is 5.02 Å². The molecule has 1 amide bonds. The first-order valence-corrected chi connectivity index (χ1v) is 9.58. The van der Waals surface area contributed by atoms with Gasteiger partial charge in [0.2, 0.25) is 5.91 Å². The molecule has 5 nitrogen and oxygen atoms in total. The van der Waals surface area contributed by atoms with Crippen molar-refractivity contribution in [2.45, 2.75) is 24.1 Å². The van der Waals surface area contributed by atoms with E-state index in [1.54, 1.807) is 37.3 Å². The maximum atomic E-state index is 12.4. The lowest BCUT2D eigenvalue weighted by molar-refractivity contribution is -0.115. The summed E-state index contributed by atoms with van der Waals surface area (Å²) in [4.78, 5) is 24.5. The molecule has 3 rings (SSSR count). The molecule has 0 bridgehead atoms. The van der Waals surface area contributed by atoms with Crippen LogP contribution >= 0.6 is 23.4 Å². The Balaban J connectivity index is 1.74. The molecule has 0 aliphatic heterocycles. The normalized spacial score (nSPS) is 11.8. The summed E-state index contributed by atoms with van der Waals surface area (Å²) in [5, 5.41) is 8.03. The van der Waals surface area contributed by atoms with Crippen LogP contribution in [0, 0.1) is 6.92 Å². The average Bonchev–Trinajstić information content (AvgIpc) is 2.66. The van der Waals surface area contributed by atoms with Crippen LogP contribution in [0.25, 0.3) is 5.69 Å². The highest BCUT2D eigenvalue weighted by Crippen LogP contribution is 2.22. The van der Waals surface area contributed by atoms with Crippen LogP contribution in [0.4, 0.5) is 5.69 Å². The van der Waals surface area contributed by atoms with Gasteiger partial charge in [-0.25, -0.2) is 0 Å². The summed E-state index contributed by atoms with van der Waals surface area (Å²) in [5.41, 5.74) is 2.24. The summed E-state index contributed by atoms with van der Waals surface area (Å²) >= 11 is 7.14. The lowest BCUT2D eigenvalue weighted by Gasteiger charge is -2.12. The Hall–Kier alpha value is -2.57. The molecule has 1 heterocycles. The molecule has 0 fully saturated rings. The van der Waals surface area contributed by atoms with E-state index in [1.165, 1.54) is 22.5 Å². The fourth-order valence-electron chi connectivity index (χ4n) is 2.34. The van der Waals surface area contributed by atoms with Gasteiger partial charge in [-0.2, -0.15) is 9.78 Å². The van der Waals surface area contributed by atoms with Gasteiger partial charge in [-0.15, -0.1) is 0 Å². The highest BCUT2D eigenvalue weighted by molar-refractivity contribution is 8.00. The molecule has 2 aromatic carbocycles. The zero-order chi connectivity index (χ0) is 19.4. The van der Waals surface area contributed by atoms with Gasteiger partial charge in [0.25, 0.3) is 5.56 Å². The third kappa shape index (κ3) is 4.99. The second-order valence-electron chi connectivity index (χ2n) is 6.01. The Labute approximate surface area is 166 Å². The number of hydrogen-bond donors (Lipinski definition) is 1. The van der Waals surface area contributed by atoms with Gasteiger partial charge in [0.05, 0.1) is 10.9 Å². The van der Waals surface area contributed by atoms with Crippen LogP contribution in [0.5, 0.6) is 0 Å². The van der Waals surface area contributed by atoms with Gasteiger partial charge in [-0.05, 0) is 56.3 Å². The highest BCUT2D eigenvalue weighted by atomic mass is 35.5. The molecule has 138 valence electrons. The molecule has 1 atom stereocenters. The number of thioether (sulfide) groups is 1. The van der Waals surface area contributed by atoms with Crippen molar-refractivity contribution in [3.8, 4) is 5.69 Å². The summed E-state index contributed by atoms with van der Waals surface area (Å²) < 4.78 is 1.34. The van der Waals surface area contributed by atoms with Crippen molar-refractivity contribution in [3.63, 3.8) is 0 Å². The number of nitrogens with zero attached hydrogens (tertiary/aromatic N) is 2. The zero-order valence-corrected chi connectivity index (χ0v) is 16.4. The summed E-state index contributed by atoms with van der Waals surface area (Å²) in [6, 6.07) is 17.5. The summed E-state index contributed by atoms with van der Waals surface area (Å²) in [5.74, 6) is -0.155. The molecule has 0 unspecified atom stereocenters. The minimum absolute atomic E-state index is 0.155. The van der Waals surface area contributed by atoms with Gasteiger partial charge >= 0.3 is 0 Å². The maximum Gasteiger partial charge on any atom is 0.271 e. The number of halogens is 1. The van der Waals surface area contributed by atoms with E-state index in [-0.39, 0.29) is 11.5 Å². The Bertz CT molecular complexity index is 1000. The summed E-state index contributed by atoms with van der Waals surface area (Å²) in [7, 11) is 0. The van der Waals surface area contributed by atoms with E-state index in [0.29, 0.717) is 21.4 Å². The molecule has 0 saturated carbocycles. The number of nitrogens with one attached hydrogen (secondary N) is 1. The van der Waals surface area contributed by atoms with Crippen LogP contribution < -0.4 is 10.9 Å². The van der Waals surface area contributed by atoms with Gasteiger partial charge in [-0.3, -0.25) is 9.59 Å². The number of benzene rings is 2. The number of amides is 1. The van der Waals surface area contributed by atoms with Crippen molar-refractivity contribution >= 4 is 35.0 Å². The van der Waals surface area contributed by atoms with Crippen LogP contribution in [0.15, 0.2) is 70.5 Å². The first-order chi connectivity index (χ1) is 12.9. The van der Waals surface area contributed by atoms with Crippen molar-refractivity contribution in [3.05, 3.63) is 81.6 Å². The standard InChI is InChI=1S/C20H18ClN3O2S/c1-13-3-9-17(10-4-13)24-19(25)12-11-18(23-24)27-14(2)20(26)22-16-7-5-15(21)6-8-16/h3-12,14H,1-2H3,(H,22,26)/t14-/m0/s1. The third-order valence-electron chi connectivity index (χ3n) is 3.83. The smallest absolute Gasteiger partial charge is 0.271 e. The number of anilines is 1. The third-order valence-corrected chi connectivity index (χ3v) is 5.11. The van der Waals surface area contributed by atoms with Crippen LogP contribution in [0.3, 0.4) is 0 Å². The maximum absolute atomic E-state index is 12.4. The predicted octanol–water partition coefficient (Wildman–Crippen LogP) is 4.31. The number of hydrogen-bond acceptors (Lipinski definition) is 4. The minimum Gasteiger partial charge on any atom is -0.325 e. The topological polar surface area (TPSA) is 64.0 Å². The second kappa shape index (κ2) is 8.41. The van der Waals surface area contributed by atoms with Gasteiger partial charge in [0.1, 0.15) is 5.03 Å². The van der Waals surface area contributed by atoms with Gasteiger partial charge in [-0.1, -0.05) is 41.1 Å². The fraction of sp³-hybridized carbons (Fsp3) is 0.150. The largest absolute Gasteiger partial charge is 0.325 e. The van der Waals surface area contributed by atoms with Crippen LogP contribution in [0.1, 0.15) is 12.5 Å². The van der Waals surface area contributed by atoms with E-state index in [1.807, 2.05) is 31.2 Å². The van der Waals surface area contributed by atoms with Gasteiger partial charge < -0.3 is 5.32 Å². The predicted molar refractivity (Wildman–Crippen MR) is 110 cm³/mol. The van der Waals surface area contributed by atoms with E-state index in [0.717, 1.165) is 5.56 Å². The minimum atomic E-state index is -0.392. The van der Waals surface area contributed by atoms with E-state index >= 15 is 0 Å². The second-order valence-corrected chi connectivity index (χ2v) is 7.81. The SMILES string of the molecule is Cc1ccc(-n2nc(S[C@@H](C)C(=O)Nc3ccc(Cl)cc3)ccc2=O)cc1. The Morgan fingerprint density at radius 2 is 1.74 bits per heavy atom. The lowest BCUT2D eigenvalue weighted by Crippen LogP contribution is -2.24. The number of aromatic nitrogens is 2. The van der Waals surface area contributed by atoms with E-state index in [4.69, 9.17) is 11.6 Å². The number of rotatable bonds is 5. The van der Waals surface area contributed by atoms with E-state index in [2.05, 4.69) is 10.4 Å². The molecule has 1 N–H and O–H groups in total. The van der Waals surface area contributed by atoms with Gasteiger partial charge in [0.15, 0.2) is 0 Å². The number of aryl methyl sites for hydroxylation is 1. The molecule has 0 spiro atoms. The van der Waals surface area contributed by atoms with Crippen molar-refractivity contribution in [2.75, 3.05) is 5.32 Å². The molecule has 3 aromatic rings. The molecule has 0 aliphatic rings. The average molecular weight is 400 g/mol. The van der Waals surface area contributed by atoms with Crippen molar-refractivity contribution in [2.24, 2.45) is 0 Å². The van der Waals surface area contributed by atoms with Crippen LogP contribution in [-0.2, 0) is 4.79 Å². The molecule has 1 aromatic heterocycles. The monoisotopic (exact) mass is 399 g/mol. The van der Waals surface area contributed by atoms with E-state index in [9.17, 15) is 9.59 Å². The molecule has 0 saturated heterocycles. The molecule has 0 radical (unpaired) electrons. The zero-order valence-electron chi connectivity index (χ0n) is 14.8. The Morgan fingerprint density at radius 1 is 1.07 bits per heavy atom.